The number of carbonyl (C=O) groups is 3. The SMILES string of the molecule is O=C(CN1CCN(C(=O)CCNC(=O)c2ccco2)CC1)NC1CC1. The van der Waals surface area contributed by atoms with Gasteiger partial charge in [-0.25, -0.2) is 0 Å². The molecule has 1 saturated heterocycles. The van der Waals surface area contributed by atoms with Gasteiger partial charge in [0.25, 0.3) is 5.91 Å². The number of amides is 3. The molecular weight excluding hydrogens is 324 g/mol. The fourth-order valence-electron chi connectivity index (χ4n) is 2.80. The van der Waals surface area contributed by atoms with Crippen LogP contribution in [0.1, 0.15) is 29.8 Å². The molecule has 3 rings (SSSR count). The predicted molar refractivity (Wildman–Crippen MR) is 89.8 cm³/mol. The maximum atomic E-state index is 12.2. The Labute approximate surface area is 146 Å². The first kappa shape index (κ1) is 17.5. The Bertz CT molecular complexity index is 604. The molecule has 1 aromatic heterocycles. The molecule has 3 amide bonds. The number of hydrogen-bond donors (Lipinski definition) is 2. The van der Waals surface area contributed by atoms with E-state index in [-0.39, 0.29) is 36.4 Å². The second-order valence-corrected chi connectivity index (χ2v) is 6.48. The van der Waals surface area contributed by atoms with E-state index in [1.54, 1.807) is 17.0 Å². The van der Waals surface area contributed by atoms with Gasteiger partial charge in [-0.05, 0) is 25.0 Å². The lowest BCUT2D eigenvalue weighted by molar-refractivity contribution is -0.133. The second kappa shape index (κ2) is 8.15. The third-order valence-electron chi connectivity index (χ3n) is 4.40. The first-order valence-electron chi connectivity index (χ1n) is 8.73. The zero-order valence-corrected chi connectivity index (χ0v) is 14.2. The van der Waals surface area contributed by atoms with Crippen molar-refractivity contribution in [3.05, 3.63) is 24.2 Å². The van der Waals surface area contributed by atoms with E-state index in [9.17, 15) is 14.4 Å². The summed E-state index contributed by atoms with van der Waals surface area (Å²) in [7, 11) is 0. The van der Waals surface area contributed by atoms with Crippen molar-refractivity contribution < 1.29 is 18.8 Å². The normalized spacial score (nSPS) is 18.0. The van der Waals surface area contributed by atoms with Crippen LogP contribution < -0.4 is 10.6 Å². The maximum Gasteiger partial charge on any atom is 0.286 e. The lowest BCUT2D eigenvalue weighted by Gasteiger charge is -2.34. The molecule has 1 aromatic rings. The summed E-state index contributed by atoms with van der Waals surface area (Å²) < 4.78 is 4.99. The summed E-state index contributed by atoms with van der Waals surface area (Å²) in [5.74, 6) is 0.0135. The average Bonchev–Trinajstić information content (AvgIpc) is 3.24. The predicted octanol–water partition coefficient (Wildman–Crippen LogP) is -0.178. The lowest BCUT2D eigenvalue weighted by Crippen LogP contribution is -2.51. The number of nitrogens with zero attached hydrogens (tertiary/aromatic N) is 2. The standard InChI is InChI=1S/C17H24N4O4/c22-15(19-13-3-4-13)12-20-7-9-21(10-8-20)16(23)5-6-18-17(24)14-2-1-11-25-14/h1-2,11,13H,3-10,12H2,(H,18,24)(H,19,22). The first-order chi connectivity index (χ1) is 12.1. The van der Waals surface area contributed by atoms with Gasteiger partial charge in [-0.2, -0.15) is 0 Å². The minimum absolute atomic E-state index is 0.0156. The van der Waals surface area contributed by atoms with E-state index in [0.717, 1.165) is 12.8 Å². The number of hydrogen-bond acceptors (Lipinski definition) is 5. The molecule has 0 unspecified atom stereocenters. The molecule has 2 aliphatic rings. The topological polar surface area (TPSA) is 94.9 Å². The molecule has 2 heterocycles. The molecular formula is C17H24N4O4. The Kier molecular flexibility index (Phi) is 5.70. The van der Waals surface area contributed by atoms with Crippen LogP contribution in [0.15, 0.2) is 22.8 Å². The molecule has 25 heavy (non-hydrogen) atoms. The minimum Gasteiger partial charge on any atom is -0.459 e. The van der Waals surface area contributed by atoms with E-state index >= 15 is 0 Å². The van der Waals surface area contributed by atoms with Gasteiger partial charge in [-0.1, -0.05) is 0 Å². The first-order valence-corrected chi connectivity index (χ1v) is 8.73. The van der Waals surface area contributed by atoms with Gasteiger partial charge in [0.1, 0.15) is 0 Å². The van der Waals surface area contributed by atoms with Gasteiger partial charge < -0.3 is 20.0 Å². The summed E-state index contributed by atoms with van der Waals surface area (Å²) in [5, 5.41) is 5.65. The summed E-state index contributed by atoms with van der Waals surface area (Å²) in [6.45, 7) is 3.30. The molecule has 8 heteroatoms. The average molecular weight is 348 g/mol. The van der Waals surface area contributed by atoms with Crippen molar-refractivity contribution >= 4 is 17.7 Å². The van der Waals surface area contributed by atoms with E-state index in [2.05, 4.69) is 15.5 Å². The highest BCUT2D eigenvalue weighted by Gasteiger charge is 2.26. The third kappa shape index (κ3) is 5.32. The van der Waals surface area contributed by atoms with Gasteiger partial charge >= 0.3 is 0 Å². The van der Waals surface area contributed by atoms with Gasteiger partial charge in [-0.15, -0.1) is 0 Å². The molecule has 2 N–H and O–H groups in total. The zero-order valence-electron chi connectivity index (χ0n) is 14.2. The minimum atomic E-state index is -0.315. The van der Waals surface area contributed by atoms with Crippen LogP contribution in [0.2, 0.25) is 0 Å². The zero-order chi connectivity index (χ0) is 17.6. The van der Waals surface area contributed by atoms with Crippen LogP contribution in [0, 0.1) is 0 Å². The summed E-state index contributed by atoms with van der Waals surface area (Å²) in [5.41, 5.74) is 0. The van der Waals surface area contributed by atoms with Gasteiger partial charge in [0.15, 0.2) is 5.76 Å². The van der Waals surface area contributed by atoms with E-state index < -0.39 is 0 Å². The van der Waals surface area contributed by atoms with Crippen LogP contribution in [0.4, 0.5) is 0 Å². The molecule has 2 fully saturated rings. The Hall–Kier alpha value is -2.35. The molecule has 8 nitrogen and oxygen atoms in total. The van der Waals surface area contributed by atoms with Gasteiger partial charge in [0.05, 0.1) is 12.8 Å². The van der Waals surface area contributed by atoms with E-state index in [1.165, 1.54) is 6.26 Å². The lowest BCUT2D eigenvalue weighted by atomic mass is 10.2. The molecule has 136 valence electrons. The van der Waals surface area contributed by atoms with Crippen molar-refractivity contribution in [2.24, 2.45) is 0 Å². The number of nitrogens with one attached hydrogen (secondary N) is 2. The summed E-state index contributed by atoms with van der Waals surface area (Å²) in [4.78, 5) is 39.6. The molecule has 1 aliphatic carbocycles. The van der Waals surface area contributed by atoms with Crippen LogP contribution in [0.3, 0.4) is 0 Å². The number of carbonyl (C=O) groups excluding carboxylic acids is 3. The molecule has 0 spiro atoms. The number of rotatable bonds is 7. The van der Waals surface area contributed by atoms with Gasteiger partial charge in [0.2, 0.25) is 11.8 Å². The van der Waals surface area contributed by atoms with Crippen LogP contribution >= 0.6 is 0 Å². The van der Waals surface area contributed by atoms with Crippen LogP contribution in [-0.2, 0) is 9.59 Å². The maximum absolute atomic E-state index is 12.2. The third-order valence-corrected chi connectivity index (χ3v) is 4.40. The molecule has 0 atom stereocenters. The van der Waals surface area contributed by atoms with Crippen molar-refractivity contribution in [2.75, 3.05) is 39.3 Å². The van der Waals surface area contributed by atoms with Gasteiger partial charge in [-0.3, -0.25) is 19.3 Å². The van der Waals surface area contributed by atoms with Gasteiger partial charge in [0, 0.05) is 45.2 Å². The Balaban J connectivity index is 1.31. The highest BCUT2D eigenvalue weighted by atomic mass is 16.3. The largest absolute Gasteiger partial charge is 0.459 e. The molecule has 1 aliphatic heterocycles. The molecule has 1 saturated carbocycles. The monoisotopic (exact) mass is 348 g/mol. The van der Waals surface area contributed by atoms with Crippen molar-refractivity contribution in [3.63, 3.8) is 0 Å². The molecule has 0 radical (unpaired) electrons. The van der Waals surface area contributed by atoms with Crippen molar-refractivity contribution in [2.45, 2.75) is 25.3 Å². The quantitative estimate of drug-likeness (QED) is 0.713. The number of piperazine rings is 1. The smallest absolute Gasteiger partial charge is 0.286 e. The highest BCUT2D eigenvalue weighted by molar-refractivity contribution is 5.91. The molecule has 0 aromatic carbocycles. The Morgan fingerprint density at radius 1 is 1.16 bits per heavy atom. The highest BCUT2D eigenvalue weighted by Crippen LogP contribution is 2.18. The fraction of sp³-hybridized carbons (Fsp3) is 0.588. The Morgan fingerprint density at radius 2 is 1.92 bits per heavy atom. The fourth-order valence-corrected chi connectivity index (χ4v) is 2.80. The van der Waals surface area contributed by atoms with Crippen molar-refractivity contribution in [3.8, 4) is 0 Å². The van der Waals surface area contributed by atoms with Crippen LogP contribution in [0.25, 0.3) is 0 Å². The number of furan rings is 1. The summed E-state index contributed by atoms with van der Waals surface area (Å²) in [6, 6.07) is 3.60. The molecule has 0 bridgehead atoms. The van der Waals surface area contributed by atoms with E-state index in [4.69, 9.17) is 4.42 Å². The van der Waals surface area contributed by atoms with Crippen LogP contribution in [-0.4, -0.2) is 72.8 Å². The van der Waals surface area contributed by atoms with E-state index in [0.29, 0.717) is 38.8 Å². The summed E-state index contributed by atoms with van der Waals surface area (Å²) >= 11 is 0. The Morgan fingerprint density at radius 3 is 2.56 bits per heavy atom. The summed E-state index contributed by atoms with van der Waals surface area (Å²) in [6.07, 6.45) is 3.87. The van der Waals surface area contributed by atoms with Crippen LogP contribution in [0.5, 0.6) is 0 Å². The van der Waals surface area contributed by atoms with E-state index in [1.807, 2.05) is 0 Å². The second-order valence-electron chi connectivity index (χ2n) is 6.48. The van der Waals surface area contributed by atoms with Crippen molar-refractivity contribution in [1.82, 2.24) is 20.4 Å². The van der Waals surface area contributed by atoms with Crippen molar-refractivity contribution in [1.29, 1.82) is 0 Å².